The summed E-state index contributed by atoms with van der Waals surface area (Å²) in [6.45, 7) is 1.86. The van der Waals surface area contributed by atoms with Gasteiger partial charge in [0.05, 0.1) is 17.2 Å². The maximum atomic E-state index is 12.5. The molecule has 3 aromatic rings. The molecule has 0 fully saturated rings. The summed E-state index contributed by atoms with van der Waals surface area (Å²) in [5.41, 5.74) is 2.67. The second-order valence-corrected chi connectivity index (χ2v) is 5.36. The molecule has 2 aromatic heterocycles. The average molecular weight is 291 g/mol. The Hall–Kier alpha value is -2.95. The predicted octanol–water partition coefficient (Wildman–Crippen LogP) is 2.69. The first-order valence-electron chi connectivity index (χ1n) is 7.06. The molecule has 22 heavy (non-hydrogen) atoms. The minimum atomic E-state index is -0.334. The largest absolute Gasteiger partial charge is 0.307 e. The van der Waals surface area contributed by atoms with Crippen LogP contribution in [0, 0.1) is 0 Å². The molecule has 2 amide bonds. The van der Waals surface area contributed by atoms with Crippen molar-refractivity contribution in [3.8, 4) is 0 Å². The number of amides is 2. The summed E-state index contributed by atoms with van der Waals surface area (Å²) in [5.74, 6) is -0.474. The summed E-state index contributed by atoms with van der Waals surface area (Å²) < 4.78 is 1.88. The molecule has 0 saturated heterocycles. The lowest BCUT2D eigenvalue weighted by atomic mass is 10.1. The van der Waals surface area contributed by atoms with Gasteiger partial charge in [0.1, 0.15) is 5.65 Å². The highest BCUT2D eigenvalue weighted by molar-refractivity contribution is 6.21. The number of hydrogen-bond donors (Lipinski definition) is 0. The number of aromatic nitrogens is 2. The fourth-order valence-electron chi connectivity index (χ4n) is 2.89. The van der Waals surface area contributed by atoms with Gasteiger partial charge in [0.15, 0.2) is 0 Å². The number of rotatable bonds is 2. The van der Waals surface area contributed by atoms with E-state index < -0.39 is 0 Å². The third-order valence-electron chi connectivity index (χ3n) is 4.11. The number of hydrogen-bond acceptors (Lipinski definition) is 3. The van der Waals surface area contributed by atoms with E-state index >= 15 is 0 Å². The normalized spacial score (nSPS) is 15.4. The maximum absolute atomic E-state index is 12.5. The van der Waals surface area contributed by atoms with E-state index in [-0.39, 0.29) is 17.9 Å². The fourth-order valence-corrected chi connectivity index (χ4v) is 2.89. The van der Waals surface area contributed by atoms with Crippen molar-refractivity contribution < 1.29 is 9.59 Å². The Morgan fingerprint density at radius 1 is 1.00 bits per heavy atom. The number of imidazole rings is 1. The molecule has 108 valence electrons. The van der Waals surface area contributed by atoms with Crippen LogP contribution in [-0.4, -0.2) is 26.1 Å². The summed E-state index contributed by atoms with van der Waals surface area (Å²) >= 11 is 0. The van der Waals surface area contributed by atoms with Crippen LogP contribution >= 0.6 is 0 Å². The lowest BCUT2D eigenvalue weighted by Crippen LogP contribution is -2.32. The Bertz CT molecular complexity index is 878. The number of carbonyl (C=O) groups is 2. The van der Waals surface area contributed by atoms with Crippen LogP contribution in [0.15, 0.2) is 55.0 Å². The number of nitrogens with zero attached hydrogens (tertiary/aromatic N) is 3. The minimum absolute atomic E-state index is 0.237. The first-order valence-corrected chi connectivity index (χ1v) is 7.06. The van der Waals surface area contributed by atoms with Gasteiger partial charge in [-0.2, -0.15) is 0 Å². The van der Waals surface area contributed by atoms with E-state index in [9.17, 15) is 9.59 Å². The van der Waals surface area contributed by atoms with Crippen LogP contribution in [-0.2, 0) is 0 Å². The molecule has 1 aliphatic rings. The second-order valence-electron chi connectivity index (χ2n) is 5.36. The predicted molar refractivity (Wildman–Crippen MR) is 80.5 cm³/mol. The van der Waals surface area contributed by atoms with E-state index in [0.717, 1.165) is 11.2 Å². The second kappa shape index (κ2) is 4.53. The fraction of sp³-hybridized carbons (Fsp3) is 0.118. The molecule has 0 saturated carbocycles. The number of imide groups is 1. The van der Waals surface area contributed by atoms with Gasteiger partial charge in [0, 0.05) is 18.6 Å². The van der Waals surface area contributed by atoms with Crippen molar-refractivity contribution in [3.05, 3.63) is 71.7 Å². The zero-order valence-electron chi connectivity index (χ0n) is 11.9. The Morgan fingerprint density at radius 2 is 1.68 bits per heavy atom. The van der Waals surface area contributed by atoms with E-state index in [1.807, 2.05) is 35.9 Å². The standard InChI is InChI=1S/C17H13N3O2/c1-11(12-6-7-15-18-8-9-19(15)10-12)20-16(21)13-4-2-3-5-14(13)17(20)22/h2-11H,1H3/t11-/m0/s1. The van der Waals surface area contributed by atoms with Gasteiger partial charge in [-0.1, -0.05) is 18.2 Å². The molecule has 0 unspecified atom stereocenters. The van der Waals surface area contributed by atoms with E-state index in [1.165, 1.54) is 4.90 Å². The van der Waals surface area contributed by atoms with Gasteiger partial charge < -0.3 is 4.40 Å². The monoisotopic (exact) mass is 291 g/mol. The summed E-state index contributed by atoms with van der Waals surface area (Å²) in [7, 11) is 0. The van der Waals surface area contributed by atoms with Gasteiger partial charge in [-0.05, 0) is 30.7 Å². The van der Waals surface area contributed by atoms with E-state index in [0.29, 0.717) is 11.1 Å². The average Bonchev–Trinajstić information content (AvgIpc) is 3.10. The molecule has 1 atom stereocenters. The molecule has 0 N–H and O–H groups in total. The molecule has 4 rings (SSSR count). The van der Waals surface area contributed by atoms with Crippen molar-refractivity contribution >= 4 is 17.5 Å². The first kappa shape index (κ1) is 12.8. The van der Waals surface area contributed by atoms with Gasteiger partial charge in [-0.25, -0.2) is 4.98 Å². The SMILES string of the molecule is C[C@@H](c1ccc2nccn2c1)N1C(=O)c2ccccc2C1=O. The highest BCUT2D eigenvalue weighted by atomic mass is 16.2. The Balaban J connectivity index is 1.75. The number of benzene rings is 1. The van der Waals surface area contributed by atoms with Crippen molar-refractivity contribution in [1.29, 1.82) is 0 Å². The van der Waals surface area contributed by atoms with Crippen LogP contribution in [0.5, 0.6) is 0 Å². The molecular formula is C17H13N3O2. The molecule has 5 heteroatoms. The number of fused-ring (bicyclic) bond motifs is 2. The van der Waals surface area contributed by atoms with E-state index in [1.54, 1.807) is 30.5 Å². The van der Waals surface area contributed by atoms with Crippen LogP contribution in [0.4, 0.5) is 0 Å². The quantitative estimate of drug-likeness (QED) is 0.682. The van der Waals surface area contributed by atoms with Crippen molar-refractivity contribution in [2.24, 2.45) is 0 Å². The Kier molecular flexibility index (Phi) is 2.63. The van der Waals surface area contributed by atoms with Crippen LogP contribution in [0.3, 0.4) is 0 Å². The molecule has 0 radical (unpaired) electrons. The highest BCUT2D eigenvalue weighted by Gasteiger charge is 2.38. The Morgan fingerprint density at radius 3 is 2.36 bits per heavy atom. The van der Waals surface area contributed by atoms with Gasteiger partial charge in [0.25, 0.3) is 11.8 Å². The first-order chi connectivity index (χ1) is 10.7. The third-order valence-corrected chi connectivity index (χ3v) is 4.11. The maximum Gasteiger partial charge on any atom is 0.262 e. The van der Waals surface area contributed by atoms with Crippen molar-refractivity contribution in [2.45, 2.75) is 13.0 Å². The van der Waals surface area contributed by atoms with Crippen LogP contribution in [0.1, 0.15) is 39.2 Å². The summed E-state index contributed by atoms with van der Waals surface area (Å²) in [4.78, 5) is 30.6. The highest BCUT2D eigenvalue weighted by Crippen LogP contribution is 2.31. The van der Waals surface area contributed by atoms with Crippen molar-refractivity contribution in [1.82, 2.24) is 14.3 Å². The zero-order chi connectivity index (χ0) is 15.3. The molecule has 0 aliphatic carbocycles. The molecule has 0 bridgehead atoms. The van der Waals surface area contributed by atoms with Crippen LogP contribution in [0.2, 0.25) is 0 Å². The molecule has 0 spiro atoms. The van der Waals surface area contributed by atoms with Gasteiger partial charge in [0.2, 0.25) is 0 Å². The number of pyridine rings is 1. The van der Waals surface area contributed by atoms with Crippen LogP contribution < -0.4 is 0 Å². The molecule has 1 aliphatic heterocycles. The molecule has 3 heterocycles. The molecule has 1 aromatic carbocycles. The third kappa shape index (κ3) is 1.69. The zero-order valence-corrected chi connectivity index (χ0v) is 11.9. The van der Waals surface area contributed by atoms with Gasteiger partial charge in [-0.15, -0.1) is 0 Å². The van der Waals surface area contributed by atoms with Crippen molar-refractivity contribution in [2.75, 3.05) is 0 Å². The number of carbonyl (C=O) groups excluding carboxylic acids is 2. The smallest absolute Gasteiger partial charge is 0.262 e. The molecular weight excluding hydrogens is 278 g/mol. The van der Waals surface area contributed by atoms with E-state index in [4.69, 9.17) is 0 Å². The van der Waals surface area contributed by atoms with Gasteiger partial charge in [-0.3, -0.25) is 14.5 Å². The topological polar surface area (TPSA) is 54.7 Å². The lowest BCUT2D eigenvalue weighted by molar-refractivity contribution is 0.0595. The summed E-state index contributed by atoms with van der Waals surface area (Å²) in [6.07, 6.45) is 5.45. The minimum Gasteiger partial charge on any atom is -0.307 e. The summed E-state index contributed by atoms with van der Waals surface area (Å²) in [5, 5.41) is 0. The molecule has 5 nitrogen and oxygen atoms in total. The van der Waals surface area contributed by atoms with Gasteiger partial charge >= 0.3 is 0 Å². The lowest BCUT2D eigenvalue weighted by Gasteiger charge is -2.22. The Labute approximate surface area is 126 Å². The summed E-state index contributed by atoms with van der Waals surface area (Å²) in [6, 6.07) is 10.4. The van der Waals surface area contributed by atoms with E-state index in [2.05, 4.69) is 4.98 Å². The van der Waals surface area contributed by atoms with Crippen LogP contribution in [0.25, 0.3) is 5.65 Å². The van der Waals surface area contributed by atoms with Crippen molar-refractivity contribution in [3.63, 3.8) is 0 Å².